The number of hydrogen-bond acceptors (Lipinski definition) is 5. The number of benzene rings is 1. The van der Waals surface area contributed by atoms with Gasteiger partial charge in [-0.05, 0) is 29.0 Å². The van der Waals surface area contributed by atoms with Crippen molar-refractivity contribution in [3.63, 3.8) is 0 Å². The number of nitrogens with zero attached hydrogens (tertiary/aromatic N) is 3. The summed E-state index contributed by atoms with van der Waals surface area (Å²) in [7, 11) is 1.80. The van der Waals surface area contributed by atoms with Gasteiger partial charge in [-0.25, -0.2) is 9.55 Å². The Labute approximate surface area is 165 Å². The second-order valence-electron chi connectivity index (χ2n) is 6.74. The lowest BCUT2D eigenvalue weighted by atomic mass is 10.0. The Bertz CT molecular complexity index is 1130. The van der Waals surface area contributed by atoms with Crippen LogP contribution in [-0.4, -0.2) is 26.0 Å². The van der Waals surface area contributed by atoms with Gasteiger partial charge in [0.25, 0.3) is 0 Å². The molecule has 4 aromatic rings. The molecule has 0 spiro atoms. The number of aliphatic carboxylic acids is 1. The van der Waals surface area contributed by atoms with E-state index in [1.165, 1.54) is 11.3 Å². The summed E-state index contributed by atoms with van der Waals surface area (Å²) in [6.45, 7) is 3.66. The van der Waals surface area contributed by atoms with E-state index in [-0.39, 0.29) is 6.42 Å². The summed E-state index contributed by atoms with van der Waals surface area (Å²) in [5.41, 5.74) is 2.40. The lowest BCUT2D eigenvalue weighted by Crippen LogP contribution is -2.37. The van der Waals surface area contributed by atoms with Crippen LogP contribution in [0.4, 0.5) is 0 Å². The number of thiazole rings is 1. The lowest BCUT2D eigenvalue weighted by molar-refractivity contribution is -0.687. The van der Waals surface area contributed by atoms with Crippen LogP contribution in [0.1, 0.15) is 35.3 Å². The molecular formula is C20H20N3O4S+. The molecule has 2 N–H and O–H groups in total. The Kier molecular flexibility index (Phi) is 4.43. The highest BCUT2D eigenvalue weighted by Gasteiger charge is 2.36. The van der Waals surface area contributed by atoms with Crippen LogP contribution in [0.5, 0.6) is 0 Å². The smallest absolute Gasteiger partial charge is 0.307 e. The van der Waals surface area contributed by atoms with Crippen molar-refractivity contribution in [2.24, 2.45) is 7.05 Å². The first-order valence-corrected chi connectivity index (χ1v) is 9.63. The second-order valence-corrected chi connectivity index (χ2v) is 7.77. The maximum absolute atomic E-state index is 11.5. The Hall–Kier alpha value is -3.13. The third kappa shape index (κ3) is 2.95. The van der Waals surface area contributed by atoms with Crippen LogP contribution in [0.15, 0.2) is 40.8 Å². The number of carbonyl (C=O) groups is 1. The van der Waals surface area contributed by atoms with E-state index in [2.05, 4.69) is 4.98 Å². The van der Waals surface area contributed by atoms with Crippen LogP contribution in [-0.2, 0) is 11.8 Å². The molecule has 7 nitrogen and oxygen atoms in total. The molecule has 4 rings (SSSR count). The van der Waals surface area contributed by atoms with Gasteiger partial charge in [0.2, 0.25) is 0 Å². The number of fused-ring (bicyclic) bond motifs is 1. The van der Waals surface area contributed by atoms with Crippen molar-refractivity contribution < 1.29 is 24.1 Å². The van der Waals surface area contributed by atoms with Crippen LogP contribution in [0.25, 0.3) is 21.0 Å². The molecule has 0 bridgehead atoms. The maximum Gasteiger partial charge on any atom is 0.307 e. The van der Waals surface area contributed by atoms with Crippen LogP contribution < -0.4 is 4.57 Å². The first-order chi connectivity index (χ1) is 13.4. The van der Waals surface area contributed by atoms with E-state index in [0.29, 0.717) is 23.0 Å². The predicted molar refractivity (Wildman–Crippen MR) is 104 cm³/mol. The molecular weight excluding hydrogens is 378 g/mol. The quantitative estimate of drug-likeness (QED) is 0.395. The number of aromatic nitrogens is 3. The van der Waals surface area contributed by atoms with Gasteiger partial charge in [-0.3, -0.25) is 4.79 Å². The molecule has 3 aromatic heterocycles. The number of carboxylic acids is 1. The monoisotopic (exact) mass is 398 g/mol. The number of furan rings is 1. The summed E-state index contributed by atoms with van der Waals surface area (Å²) in [6, 6.07) is 11.4. The van der Waals surface area contributed by atoms with Crippen LogP contribution in [0, 0.1) is 13.8 Å². The van der Waals surface area contributed by atoms with Gasteiger partial charge in [-0.1, -0.05) is 12.1 Å². The van der Waals surface area contributed by atoms with Crippen molar-refractivity contribution in [1.82, 2.24) is 9.71 Å². The van der Waals surface area contributed by atoms with Crippen molar-refractivity contribution >= 4 is 27.5 Å². The van der Waals surface area contributed by atoms with E-state index in [1.54, 1.807) is 30.7 Å². The molecule has 3 heterocycles. The number of para-hydroxylation sites is 1. The first-order valence-electron chi connectivity index (χ1n) is 8.81. The first kappa shape index (κ1) is 18.2. The molecule has 8 heteroatoms. The van der Waals surface area contributed by atoms with Gasteiger partial charge in [-0.15, -0.1) is 11.3 Å². The molecule has 0 amide bonds. The van der Waals surface area contributed by atoms with Gasteiger partial charge in [0.15, 0.2) is 16.5 Å². The van der Waals surface area contributed by atoms with Crippen LogP contribution >= 0.6 is 11.3 Å². The molecule has 0 unspecified atom stereocenters. The van der Waals surface area contributed by atoms with Crippen LogP contribution in [0.2, 0.25) is 0 Å². The molecule has 144 valence electrons. The van der Waals surface area contributed by atoms with Crippen molar-refractivity contribution in [3.05, 3.63) is 59.4 Å². The van der Waals surface area contributed by atoms with Crippen LogP contribution in [0.3, 0.4) is 0 Å². The zero-order valence-electron chi connectivity index (χ0n) is 15.7. The van der Waals surface area contributed by atoms with Crippen molar-refractivity contribution in [2.75, 3.05) is 0 Å². The minimum Gasteiger partial charge on any atom is -0.481 e. The number of carboxylic acid groups (broad SMARTS) is 1. The largest absolute Gasteiger partial charge is 0.481 e. The topological polar surface area (TPSA) is 92.4 Å². The average molecular weight is 398 g/mol. The third-order valence-corrected chi connectivity index (χ3v) is 6.12. The highest BCUT2D eigenvalue weighted by molar-refractivity contribution is 7.21. The summed E-state index contributed by atoms with van der Waals surface area (Å²) in [4.78, 5) is 16.1. The number of hydrogen-bond donors (Lipinski definition) is 2. The van der Waals surface area contributed by atoms with E-state index in [4.69, 9.17) is 4.42 Å². The molecule has 1 atom stereocenters. The predicted octanol–water partition coefficient (Wildman–Crippen LogP) is 3.64. The number of rotatable bonds is 5. The molecule has 0 aliphatic carbocycles. The van der Waals surface area contributed by atoms with E-state index < -0.39 is 11.9 Å². The van der Waals surface area contributed by atoms with Gasteiger partial charge >= 0.3 is 11.8 Å². The van der Waals surface area contributed by atoms with Crippen molar-refractivity contribution in [1.29, 1.82) is 0 Å². The summed E-state index contributed by atoms with van der Waals surface area (Å²) in [5.74, 6) is -0.0936. The van der Waals surface area contributed by atoms with E-state index >= 15 is 0 Å². The van der Waals surface area contributed by atoms with Gasteiger partial charge in [0, 0.05) is 13.8 Å². The third-order valence-electron chi connectivity index (χ3n) is 5.07. The highest BCUT2D eigenvalue weighted by Crippen LogP contribution is 2.35. The molecule has 1 aromatic carbocycles. The molecule has 0 saturated carbocycles. The maximum atomic E-state index is 11.5. The van der Waals surface area contributed by atoms with E-state index in [0.717, 1.165) is 25.6 Å². The summed E-state index contributed by atoms with van der Waals surface area (Å²) < 4.78 is 9.92. The fourth-order valence-electron chi connectivity index (χ4n) is 3.39. The number of imidazole rings is 1. The normalized spacial score (nSPS) is 12.5. The zero-order chi connectivity index (χ0) is 20.0. The van der Waals surface area contributed by atoms with Crippen molar-refractivity contribution in [2.45, 2.75) is 26.2 Å². The highest BCUT2D eigenvalue weighted by atomic mass is 32.1. The average Bonchev–Trinajstić information content (AvgIpc) is 3.35. The summed E-state index contributed by atoms with van der Waals surface area (Å²) in [6.07, 6.45) is -0.204. The molecule has 28 heavy (non-hydrogen) atoms. The SMILES string of the molecule is Cc1c(C)[n+](C)c([C@@H](CC(=O)O)c2ccc(-c3nc4ccccc4s3)o2)n1O. The molecule has 0 saturated heterocycles. The second kappa shape index (κ2) is 6.79. The van der Waals surface area contributed by atoms with Gasteiger partial charge in [0.05, 0.1) is 23.7 Å². The minimum atomic E-state index is -0.973. The van der Waals surface area contributed by atoms with Gasteiger partial charge in [-0.2, -0.15) is 0 Å². The minimum absolute atomic E-state index is 0.204. The summed E-state index contributed by atoms with van der Waals surface area (Å²) in [5, 5.41) is 20.7. The Morgan fingerprint density at radius 1 is 1.29 bits per heavy atom. The Morgan fingerprint density at radius 2 is 2.04 bits per heavy atom. The fourth-order valence-corrected chi connectivity index (χ4v) is 4.32. The van der Waals surface area contributed by atoms with Crippen molar-refractivity contribution in [3.8, 4) is 10.8 Å². The molecule has 0 aliphatic heterocycles. The Balaban J connectivity index is 1.78. The zero-order valence-corrected chi connectivity index (χ0v) is 16.5. The van der Waals surface area contributed by atoms with E-state index in [1.807, 2.05) is 31.2 Å². The molecule has 0 radical (unpaired) electrons. The molecule has 0 fully saturated rings. The lowest BCUT2D eigenvalue weighted by Gasteiger charge is -2.09. The van der Waals surface area contributed by atoms with Gasteiger partial charge < -0.3 is 14.7 Å². The van der Waals surface area contributed by atoms with Gasteiger partial charge in [0.1, 0.15) is 17.4 Å². The standard InChI is InChI=1S/C20H19N3O4S/c1-11-12(2)23(26)20(22(11)3)13(10-18(24)25)15-8-9-16(27-15)19-21-14-6-4-5-7-17(14)28-19/h4-9,13H,10H2,1-3H3,(H-,24,25,26)/p+1/t13-/m0/s1. The molecule has 0 aliphatic rings. The summed E-state index contributed by atoms with van der Waals surface area (Å²) >= 11 is 1.52. The fraction of sp³-hybridized carbons (Fsp3) is 0.250. The Morgan fingerprint density at radius 3 is 2.68 bits per heavy atom. The van der Waals surface area contributed by atoms with E-state index in [9.17, 15) is 15.1 Å².